The normalized spacial score (nSPS) is 10.4. The van der Waals surface area contributed by atoms with Crippen LogP contribution < -0.4 is 15.4 Å². The molecule has 3 rings (SSSR count). The number of ether oxygens (including phenoxy) is 1. The summed E-state index contributed by atoms with van der Waals surface area (Å²) in [5.41, 5.74) is 0.725. The van der Waals surface area contributed by atoms with Gasteiger partial charge in [-0.15, -0.1) is 0 Å². The molecule has 0 aliphatic carbocycles. The molecular formula is C21H14Cl3FN2O3. The quantitative estimate of drug-likeness (QED) is 0.463. The van der Waals surface area contributed by atoms with E-state index in [9.17, 15) is 14.0 Å². The van der Waals surface area contributed by atoms with E-state index in [-0.39, 0.29) is 21.3 Å². The van der Waals surface area contributed by atoms with Crippen molar-refractivity contribution in [1.29, 1.82) is 0 Å². The van der Waals surface area contributed by atoms with Gasteiger partial charge in [-0.3, -0.25) is 9.59 Å². The van der Waals surface area contributed by atoms with Crippen LogP contribution in [-0.4, -0.2) is 18.9 Å². The number of amides is 2. The number of halogens is 4. The summed E-state index contributed by atoms with van der Waals surface area (Å²) in [6.07, 6.45) is 0. The van der Waals surface area contributed by atoms with Crippen LogP contribution in [0, 0.1) is 5.82 Å². The molecule has 0 unspecified atom stereocenters. The van der Waals surface area contributed by atoms with Crippen LogP contribution in [0.2, 0.25) is 15.1 Å². The third kappa shape index (κ3) is 5.02. The maximum absolute atomic E-state index is 14.0. The Morgan fingerprint density at radius 2 is 1.63 bits per heavy atom. The highest BCUT2D eigenvalue weighted by atomic mass is 35.5. The summed E-state index contributed by atoms with van der Waals surface area (Å²) < 4.78 is 19.3. The van der Waals surface area contributed by atoms with E-state index in [0.717, 1.165) is 6.07 Å². The first kappa shape index (κ1) is 21.9. The highest BCUT2D eigenvalue weighted by Gasteiger charge is 2.16. The largest absolute Gasteiger partial charge is 0.495 e. The van der Waals surface area contributed by atoms with E-state index in [1.807, 2.05) is 0 Å². The van der Waals surface area contributed by atoms with Crippen molar-refractivity contribution in [3.63, 3.8) is 0 Å². The summed E-state index contributed by atoms with van der Waals surface area (Å²) in [7, 11) is 1.42. The number of hydrogen-bond acceptors (Lipinski definition) is 3. The molecule has 3 aromatic carbocycles. The number of nitrogens with one attached hydrogen (secondary N) is 2. The zero-order chi connectivity index (χ0) is 21.8. The van der Waals surface area contributed by atoms with Gasteiger partial charge in [0.25, 0.3) is 11.8 Å². The molecule has 0 heterocycles. The molecule has 0 radical (unpaired) electrons. The number of benzene rings is 3. The van der Waals surface area contributed by atoms with Gasteiger partial charge in [0, 0.05) is 16.3 Å². The Morgan fingerprint density at radius 3 is 2.30 bits per heavy atom. The molecule has 0 fully saturated rings. The second-order valence-electron chi connectivity index (χ2n) is 6.08. The molecule has 0 bridgehead atoms. The standard InChI is InChI=1S/C21H14Cl3FN2O3/c1-30-19-7-4-13(26-20(28)11-2-6-15(23)16(24)8-11)10-18(19)27-21(29)14-5-3-12(22)9-17(14)25/h2-10H,1H3,(H,26,28)(H,27,29). The lowest BCUT2D eigenvalue weighted by Gasteiger charge is -2.13. The maximum atomic E-state index is 14.0. The van der Waals surface area contributed by atoms with Crippen molar-refractivity contribution in [2.45, 2.75) is 0 Å². The van der Waals surface area contributed by atoms with E-state index in [0.29, 0.717) is 22.0 Å². The first-order valence-electron chi connectivity index (χ1n) is 8.49. The molecule has 0 saturated carbocycles. The number of methoxy groups -OCH3 is 1. The van der Waals surface area contributed by atoms with Crippen molar-refractivity contribution in [2.24, 2.45) is 0 Å². The van der Waals surface area contributed by atoms with E-state index in [1.165, 1.54) is 43.5 Å². The summed E-state index contributed by atoms with van der Waals surface area (Å²) in [6.45, 7) is 0. The lowest BCUT2D eigenvalue weighted by atomic mass is 10.1. The molecule has 5 nitrogen and oxygen atoms in total. The highest BCUT2D eigenvalue weighted by Crippen LogP contribution is 2.29. The van der Waals surface area contributed by atoms with Crippen LogP contribution in [0.4, 0.5) is 15.8 Å². The molecule has 0 saturated heterocycles. The molecule has 0 atom stereocenters. The van der Waals surface area contributed by atoms with E-state index < -0.39 is 17.6 Å². The van der Waals surface area contributed by atoms with Gasteiger partial charge in [0.2, 0.25) is 0 Å². The van der Waals surface area contributed by atoms with E-state index in [2.05, 4.69) is 10.6 Å². The lowest BCUT2D eigenvalue weighted by Crippen LogP contribution is -2.15. The van der Waals surface area contributed by atoms with Crippen molar-refractivity contribution in [3.8, 4) is 5.75 Å². The third-order valence-corrected chi connectivity index (χ3v) is 5.04. The number of hydrogen-bond donors (Lipinski definition) is 2. The Hall–Kier alpha value is -2.80. The number of carbonyl (C=O) groups is 2. The third-order valence-electron chi connectivity index (χ3n) is 4.06. The Bertz CT molecular complexity index is 1140. The van der Waals surface area contributed by atoms with Crippen molar-refractivity contribution in [1.82, 2.24) is 0 Å². The fourth-order valence-corrected chi connectivity index (χ4v) is 3.04. The van der Waals surface area contributed by atoms with Gasteiger partial charge in [0.05, 0.1) is 28.4 Å². The van der Waals surface area contributed by atoms with Crippen LogP contribution in [0.15, 0.2) is 54.6 Å². The Labute approximate surface area is 186 Å². The molecular weight excluding hydrogens is 454 g/mol. The van der Waals surface area contributed by atoms with Gasteiger partial charge in [-0.05, 0) is 54.6 Å². The van der Waals surface area contributed by atoms with Crippen molar-refractivity contribution < 1.29 is 18.7 Å². The molecule has 0 aliphatic rings. The zero-order valence-electron chi connectivity index (χ0n) is 15.4. The molecule has 2 N–H and O–H groups in total. The van der Waals surface area contributed by atoms with Crippen LogP contribution in [0.1, 0.15) is 20.7 Å². The van der Waals surface area contributed by atoms with Crippen LogP contribution in [0.3, 0.4) is 0 Å². The summed E-state index contributed by atoms with van der Waals surface area (Å²) in [6, 6.07) is 12.8. The molecule has 9 heteroatoms. The minimum atomic E-state index is -0.761. The van der Waals surface area contributed by atoms with Gasteiger partial charge in [0.1, 0.15) is 11.6 Å². The van der Waals surface area contributed by atoms with Gasteiger partial charge >= 0.3 is 0 Å². The van der Waals surface area contributed by atoms with Crippen molar-refractivity contribution >= 4 is 58.0 Å². The molecule has 2 amide bonds. The van der Waals surface area contributed by atoms with Crippen LogP contribution in [0.5, 0.6) is 5.75 Å². The van der Waals surface area contributed by atoms with Gasteiger partial charge in [0.15, 0.2) is 0 Å². The number of rotatable bonds is 5. The average Bonchev–Trinajstić information content (AvgIpc) is 2.70. The molecule has 0 aliphatic heterocycles. The first-order chi connectivity index (χ1) is 14.3. The fraction of sp³-hybridized carbons (Fsp3) is 0.0476. The molecule has 154 valence electrons. The van der Waals surface area contributed by atoms with E-state index in [4.69, 9.17) is 39.5 Å². The van der Waals surface area contributed by atoms with E-state index in [1.54, 1.807) is 12.1 Å². The SMILES string of the molecule is COc1ccc(NC(=O)c2ccc(Cl)c(Cl)c2)cc1NC(=O)c1ccc(Cl)cc1F. The van der Waals surface area contributed by atoms with Gasteiger partial charge < -0.3 is 15.4 Å². The minimum Gasteiger partial charge on any atom is -0.495 e. The summed E-state index contributed by atoms with van der Waals surface area (Å²) in [5.74, 6) is -1.57. The highest BCUT2D eigenvalue weighted by molar-refractivity contribution is 6.42. The predicted molar refractivity (Wildman–Crippen MR) is 117 cm³/mol. The maximum Gasteiger partial charge on any atom is 0.258 e. The lowest BCUT2D eigenvalue weighted by molar-refractivity contribution is 0.101. The first-order valence-corrected chi connectivity index (χ1v) is 9.62. The molecule has 0 aromatic heterocycles. The van der Waals surface area contributed by atoms with Gasteiger partial charge in [-0.1, -0.05) is 34.8 Å². The van der Waals surface area contributed by atoms with E-state index >= 15 is 0 Å². The second-order valence-corrected chi connectivity index (χ2v) is 7.33. The van der Waals surface area contributed by atoms with Crippen LogP contribution in [-0.2, 0) is 0 Å². The summed E-state index contributed by atoms with van der Waals surface area (Å²) in [5, 5.41) is 6.01. The predicted octanol–water partition coefficient (Wildman–Crippen LogP) is 6.30. The monoisotopic (exact) mass is 466 g/mol. The Kier molecular flexibility index (Phi) is 6.82. The van der Waals surface area contributed by atoms with Gasteiger partial charge in [-0.2, -0.15) is 0 Å². The Balaban J connectivity index is 1.83. The number of carbonyl (C=O) groups excluding carboxylic acids is 2. The van der Waals surface area contributed by atoms with Crippen molar-refractivity contribution in [2.75, 3.05) is 17.7 Å². The Morgan fingerprint density at radius 1 is 0.867 bits per heavy atom. The molecule has 0 spiro atoms. The molecule has 3 aromatic rings. The average molecular weight is 468 g/mol. The zero-order valence-corrected chi connectivity index (χ0v) is 17.7. The second kappa shape index (κ2) is 9.34. The topological polar surface area (TPSA) is 67.4 Å². The van der Waals surface area contributed by atoms with Crippen LogP contribution >= 0.6 is 34.8 Å². The van der Waals surface area contributed by atoms with Crippen molar-refractivity contribution in [3.05, 3.63) is 86.6 Å². The summed E-state index contributed by atoms with van der Waals surface area (Å²) in [4.78, 5) is 24.9. The minimum absolute atomic E-state index is 0.175. The fourth-order valence-electron chi connectivity index (χ4n) is 2.59. The van der Waals surface area contributed by atoms with Crippen LogP contribution in [0.25, 0.3) is 0 Å². The smallest absolute Gasteiger partial charge is 0.258 e. The summed E-state index contributed by atoms with van der Waals surface area (Å²) >= 11 is 17.5. The molecule has 30 heavy (non-hydrogen) atoms. The van der Waals surface area contributed by atoms with Gasteiger partial charge in [-0.25, -0.2) is 4.39 Å². The number of anilines is 2.